The number of halogens is 3. The van der Waals surface area contributed by atoms with Crippen molar-refractivity contribution in [3.05, 3.63) is 22.4 Å². The molecule has 1 atom stereocenters. The molecule has 3 rings (SSSR count). The molecule has 2 fully saturated rings. The predicted molar refractivity (Wildman–Crippen MR) is 105 cm³/mol. The second-order valence-corrected chi connectivity index (χ2v) is 8.63. The largest absolute Gasteiger partial charge is 0.490 e. The van der Waals surface area contributed by atoms with Crippen molar-refractivity contribution < 1.29 is 32.7 Å². The molecule has 0 saturated carbocycles. The molecule has 2 saturated heterocycles. The number of carboxylic acid groups (broad SMARTS) is 1. The third kappa shape index (κ3) is 5.94. The molecule has 2 amide bonds. The first-order chi connectivity index (χ1) is 14.0. The van der Waals surface area contributed by atoms with Gasteiger partial charge in [-0.2, -0.15) is 13.2 Å². The first-order valence-corrected chi connectivity index (χ1v) is 10.4. The molecule has 7 nitrogen and oxygen atoms in total. The number of rotatable bonds is 4. The average Bonchev–Trinajstić information content (AvgIpc) is 3.29. The second-order valence-electron chi connectivity index (χ2n) is 7.68. The number of alkyl halides is 3. The van der Waals surface area contributed by atoms with E-state index in [2.05, 4.69) is 9.80 Å². The molecule has 2 aliphatic rings. The van der Waals surface area contributed by atoms with Gasteiger partial charge in [0.2, 0.25) is 5.91 Å². The Kier molecular flexibility index (Phi) is 7.87. The maximum absolute atomic E-state index is 12.7. The summed E-state index contributed by atoms with van der Waals surface area (Å²) >= 11 is 1.49. The maximum Gasteiger partial charge on any atom is 0.490 e. The molecule has 1 N–H and O–H groups in total. The molecule has 0 radical (unpaired) electrons. The zero-order valence-corrected chi connectivity index (χ0v) is 17.8. The standard InChI is InChI=1S/C17H25N3O2S.C2HF3O2/c1-18(2)10-11-20-15(21)6-8-17(20)7-4-9-19(13-17)16(22)14-5-3-12-23-14;3-2(4,5)1(6)7/h3,5,12H,4,6-11,13H2,1-2H3;(H,6,7). The number of carboxylic acids is 1. The molecule has 1 aromatic heterocycles. The summed E-state index contributed by atoms with van der Waals surface area (Å²) in [6.45, 7) is 3.11. The molecule has 0 aliphatic carbocycles. The predicted octanol–water partition coefficient (Wildman–Crippen LogP) is 2.54. The smallest absolute Gasteiger partial charge is 0.475 e. The lowest BCUT2D eigenvalue weighted by Crippen LogP contribution is -2.58. The van der Waals surface area contributed by atoms with E-state index in [0.717, 1.165) is 43.8 Å². The van der Waals surface area contributed by atoms with Gasteiger partial charge in [0.25, 0.3) is 5.91 Å². The topological polar surface area (TPSA) is 81.2 Å². The van der Waals surface area contributed by atoms with Crippen LogP contribution in [0.4, 0.5) is 13.2 Å². The molecule has 1 aromatic rings. The minimum atomic E-state index is -5.08. The highest BCUT2D eigenvalue weighted by molar-refractivity contribution is 7.12. The van der Waals surface area contributed by atoms with Gasteiger partial charge in [0.15, 0.2) is 0 Å². The lowest BCUT2D eigenvalue weighted by atomic mass is 9.86. The molecular weight excluding hydrogens is 423 g/mol. The van der Waals surface area contributed by atoms with Crippen LogP contribution in [-0.2, 0) is 9.59 Å². The monoisotopic (exact) mass is 449 g/mol. The quantitative estimate of drug-likeness (QED) is 0.764. The molecule has 2 aliphatic heterocycles. The van der Waals surface area contributed by atoms with Gasteiger partial charge >= 0.3 is 12.1 Å². The van der Waals surface area contributed by atoms with Crippen LogP contribution in [0.25, 0.3) is 0 Å². The third-order valence-electron chi connectivity index (χ3n) is 5.27. The van der Waals surface area contributed by atoms with E-state index in [9.17, 15) is 22.8 Å². The molecule has 3 heterocycles. The second kappa shape index (κ2) is 9.78. The van der Waals surface area contributed by atoms with Crippen LogP contribution in [-0.4, -0.2) is 89.6 Å². The minimum absolute atomic E-state index is 0.117. The van der Waals surface area contributed by atoms with E-state index >= 15 is 0 Å². The van der Waals surface area contributed by atoms with Crippen LogP contribution in [0.3, 0.4) is 0 Å². The summed E-state index contributed by atoms with van der Waals surface area (Å²) < 4.78 is 31.7. The number of thiophene rings is 1. The first-order valence-electron chi connectivity index (χ1n) is 9.54. The van der Waals surface area contributed by atoms with Crippen LogP contribution in [0.2, 0.25) is 0 Å². The van der Waals surface area contributed by atoms with Gasteiger partial charge in [0, 0.05) is 32.6 Å². The summed E-state index contributed by atoms with van der Waals surface area (Å²) in [5, 5.41) is 9.06. The fraction of sp³-hybridized carbons (Fsp3) is 0.632. The molecular formula is C19H26F3N3O4S. The number of carbonyl (C=O) groups is 3. The fourth-order valence-electron chi connectivity index (χ4n) is 3.80. The summed E-state index contributed by atoms with van der Waals surface area (Å²) in [5.74, 6) is -2.39. The lowest BCUT2D eigenvalue weighted by molar-refractivity contribution is -0.192. The molecule has 168 valence electrons. The Balaban J connectivity index is 0.000000396. The van der Waals surface area contributed by atoms with Crippen molar-refractivity contribution >= 4 is 29.1 Å². The van der Waals surface area contributed by atoms with Crippen LogP contribution < -0.4 is 0 Å². The summed E-state index contributed by atoms with van der Waals surface area (Å²) in [6.07, 6.45) is -1.59. The van der Waals surface area contributed by atoms with E-state index in [1.165, 1.54) is 11.3 Å². The van der Waals surface area contributed by atoms with Crippen molar-refractivity contribution in [2.45, 2.75) is 37.4 Å². The summed E-state index contributed by atoms with van der Waals surface area (Å²) in [4.78, 5) is 40.9. The summed E-state index contributed by atoms with van der Waals surface area (Å²) in [5.41, 5.74) is -0.141. The number of hydrogen-bond donors (Lipinski definition) is 1. The first kappa shape index (κ1) is 24.1. The summed E-state index contributed by atoms with van der Waals surface area (Å²) in [6, 6.07) is 3.80. The number of amides is 2. The molecule has 30 heavy (non-hydrogen) atoms. The van der Waals surface area contributed by atoms with Crippen molar-refractivity contribution in [3.63, 3.8) is 0 Å². The van der Waals surface area contributed by atoms with Crippen molar-refractivity contribution in [1.29, 1.82) is 0 Å². The van der Waals surface area contributed by atoms with Gasteiger partial charge in [-0.05, 0) is 44.8 Å². The Labute approximate surface area is 177 Å². The highest BCUT2D eigenvalue weighted by atomic mass is 32.1. The number of piperidine rings is 1. The van der Waals surface area contributed by atoms with Crippen LogP contribution in [0.5, 0.6) is 0 Å². The molecule has 11 heteroatoms. The highest BCUT2D eigenvalue weighted by Crippen LogP contribution is 2.38. The van der Waals surface area contributed by atoms with E-state index < -0.39 is 12.1 Å². The lowest BCUT2D eigenvalue weighted by Gasteiger charge is -2.46. The fourth-order valence-corrected chi connectivity index (χ4v) is 4.49. The van der Waals surface area contributed by atoms with Crippen molar-refractivity contribution in [1.82, 2.24) is 14.7 Å². The highest BCUT2D eigenvalue weighted by Gasteiger charge is 2.48. The van der Waals surface area contributed by atoms with Gasteiger partial charge in [0.1, 0.15) is 0 Å². The average molecular weight is 449 g/mol. The Morgan fingerprint density at radius 2 is 1.97 bits per heavy atom. The molecule has 1 spiro atoms. The molecule has 0 aromatic carbocycles. The Bertz CT molecular complexity index is 755. The van der Waals surface area contributed by atoms with Gasteiger partial charge in [0.05, 0.1) is 10.4 Å². The van der Waals surface area contributed by atoms with Crippen LogP contribution in [0, 0.1) is 0 Å². The van der Waals surface area contributed by atoms with E-state index in [0.29, 0.717) is 13.0 Å². The Morgan fingerprint density at radius 1 is 1.30 bits per heavy atom. The number of carbonyl (C=O) groups excluding carboxylic acids is 2. The van der Waals surface area contributed by atoms with Gasteiger partial charge < -0.3 is 19.8 Å². The van der Waals surface area contributed by atoms with Crippen molar-refractivity contribution in [2.75, 3.05) is 40.3 Å². The number of likely N-dealkylation sites (N-methyl/N-ethyl adjacent to an activating group) is 1. The molecule has 1 unspecified atom stereocenters. The van der Waals surface area contributed by atoms with Crippen molar-refractivity contribution in [3.8, 4) is 0 Å². The van der Waals surface area contributed by atoms with E-state index in [4.69, 9.17) is 9.90 Å². The Morgan fingerprint density at radius 3 is 2.50 bits per heavy atom. The van der Waals surface area contributed by atoms with Crippen LogP contribution in [0.15, 0.2) is 17.5 Å². The van der Waals surface area contributed by atoms with E-state index in [1.54, 1.807) is 0 Å². The van der Waals surface area contributed by atoms with Crippen LogP contribution in [0.1, 0.15) is 35.4 Å². The van der Waals surface area contributed by atoms with Crippen LogP contribution >= 0.6 is 11.3 Å². The normalized spacial score (nSPS) is 21.7. The number of aliphatic carboxylic acids is 1. The number of likely N-dealkylation sites (tertiary alicyclic amines) is 2. The van der Waals surface area contributed by atoms with E-state index in [1.807, 2.05) is 36.5 Å². The zero-order chi connectivity index (χ0) is 22.5. The zero-order valence-electron chi connectivity index (χ0n) is 16.9. The summed E-state index contributed by atoms with van der Waals surface area (Å²) in [7, 11) is 4.06. The SMILES string of the molecule is CN(C)CCN1C(=O)CCC12CCCN(C(=O)c1cccs1)C2.O=C(O)C(F)(F)F. The van der Waals surface area contributed by atoms with Crippen molar-refractivity contribution in [2.24, 2.45) is 0 Å². The Hall–Kier alpha value is -2.14. The number of nitrogens with zero attached hydrogens (tertiary/aromatic N) is 3. The van der Waals surface area contributed by atoms with Gasteiger partial charge in [-0.3, -0.25) is 9.59 Å². The number of hydrogen-bond acceptors (Lipinski definition) is 5. The van der Waals surface area contributed by atoms with E-state index in [-0.39, 0.29) is 17.4 Å². The maximum atomic E-state index is 12.7. The minimum Gasteiger partial charge on any atom is -0.475 e. The van der Waals surface area contributed by atoms with Gasteiger partial charge in [-0.1, -0.05) is 6.07 Å². The van der Waals surface area contributed by atoms with Gasteiger partial charge in [-0.15, -0.1) is 11.3 Å². The third-order valence-corrected chi connectivity index (χ3v) is 6.12. The molecule has 0 bridgehead atoms. The van der Waals surface area contributed by atoms with Gasteiger partial charge in [-0.25, -0.2) is 4.79 Å².